The topological polar surface area (TPSA) is 120 Å². The highest BCUT2D eigenvalue weighted by Crippen LogP contribution is 2.19. The molecule has 0 amide bonds. The predicted molar refractivity (Wildman–Crippen MR) is 72.8 cm³/mol. The fourth-order valence-electron chi connectivity index (χ4n) is 1.83. The molecule has 0 bridgehead atoms. The summed E-state index contributed by atoms with van der Waals surface area (Å²) in [5, 5.41) is 6.49. The van der Waals surface area contributed by atoms with E-state index in [9.17, 15) is 4.79 Å². The maximum Gasteiger partial charge on any atom is 0.362 e. The molecule has 19 heavy (non-hydrogen) atoms. The minimum atomic E-state index is -0.342. The van der Waals surface area contributed by atoms with Crippen LogP contribution in [0.3, 0.4) is 0 Å². The van der Waals surface area contributed by atoms with E-state index in [1.165, 1.54) is 0 Å². The number of nitrogens with one attached hydrogen (secondary N) is 2. The van der Waals surface area contributed by atoms with Gasteiger partial charge in [-0.05, 0) is 33.3 Å². The van der Waals surface area contributed by atoms with Gasteiger partial charge >= 0.3 is 11.9 Å². The number of ether oxygens (including phenoxy) is 1. The van der Waals surface area contributed by atoms with E-state index in [0.717, 1.165) is 17.0 Å². The molecule has 1 aromatic heterocycles. The number of aromatic amines is 1. The van der Waals surface area contributed by atoms with Crippen molar-refractivity contribution >= 4 is 17.6 Å². The van der Waals surface area contributed by atoms with Crippen molar-refractivity contribution in [3.63, 3.8) is 0 Å². The van der Waals surface area contributed by atoms with E-state index in [1.54, 1.807) is 13.8 Å². The van der Waals surface area contributed by atoms with Gasteiger partial charge in [-0.15, -0.1) is 5.10 Å². The number of carbonyl (C=O) groups is 1. The van der Waals surface area contributed by atoms with Gasteiger partial charge < -0.3 is 9.72 Å². The summed E-state index contributed by atoms with van der Waals surface area (Å²) in [5.74, 6) is -0.337. The first kappa shape index (κ1) is 14.7. The van der Waals surface area contributed by atoms with Gasteiger partial charge in [0.2, 0.25) is 0 Å². The van der Waals surface area contributed by atoms with Crippen LogP contribution in [0, 0.1) is 13.8 Å². The first-order valence-electron chi connectivity index (χ1n) is 5.93. The molecule has 6 N–H and O–H groups in total. The lowest BCUT2D eigenvalue weighted by Gasteiger charge is -2.02. The molecule has 0 saturated carbocycles. The highest BCUT2D eigenvalue weighted by atomic mass is 16.5. The molecule has 0 aromatic carbocycles. The SMILES string of the molecule is CCOC(=O)c1c(C)[nH]c(/C(C)=N/[NH+]=C(N)N)c1C. The fourth-order valence-corrected chi connectivity index (χ4v) is 1.83. The summed E-state index contributed by atoms with van der Waals surface area (Å²) in [4.78, 5) is 15.0. The summed E-state index contributed by atoms with van der Waals surface area (Å²) in [7, 11) is 0. The van der Waals surface area contributed by atoms with Crippen LogP contribution in [0.2, 0.25) is 0 Å². The van der Waals surface area contributed by atoms with E-state index in [-0.39, 0.29) is 11.9 Å². The summed E-state index contributed by atoms with van der Waals surface area (Å²) in [6.07, 6.45) is 0. The Morgan fingerprint density at radius 2 is 2.05 bits per heavy atom. The Kier molecular flexibility index (Phi) is 4.68. The zero-order valence-electron chi connectivity index (χ0n) is 11.6. The summed E-state index contributed by atoms with van der Waals surface area (Å²) in [6, 6.07) is 0. The Labute approximate surface area is 111 Å². The number of guanidine groups is 1. The number of nitrogens with two attached hydrogens (primary N) is 2. The quantitative estimate of drug-likeness (QED) is 0.239. The highest BCUT2D eigenvalue weighted by Gasteiger charge is 2.20. The molecule has 0 unspecified atom stereocenters. The molecule has 0 aliphatic heterocycles. The van der Waals surface area contributed by atoms with Crippen LogP contribution in [0.15, 0.2) is 5.10 Å². The van der Waals surface area contributed by atoms with Gasteiger partial charge in [-0.25, -0.2) is 4.79 Å². The second kappa shape index (κ2) is 6.03. The first-order chi connectivity index (χ1) is 8.88. The van der Waals surface area contributed by atoms with Gasteiger partial charge in [0, 0.05) is 5.69 Å². The summed E-state index contributed by atoms with van der Waals surface area (Å²) in [5.41, 5.74) is 14.0. The van der Waals surface area contributed by atoms with Gasteiger partial charge in [0.25, 0.3) is 0 Å². The molecule has 7 nitrogen and oxygen atoms in total. The van der Waals surface area contributed by atoms with Crippen LogP contribution in [0.4, 0.5) is 0 Å². The maximum atomic E-state index is 11.8. The van der Waals surface area contributed by atoms with Crippen molar-refractivity contribution < 1.29 is 14.6 Å². The van der Waals surface area contributed by atoms with Crippen LogP contribution in [-0.2, 0) is 4.74 Å². The molecule has 1 rings (SSSR count). The normalized spacial score (nSPS) is 11.3. The molecule has 104 valence electrons. The lowest BCUT2D eigenvalue weighted by molar-refractivity contribution is -0.464. The number of H-pyrrole nitrogens is 1. The van der Waals surface area contributed by atoms with Crippen LogP contribution in [0.1, 0.15) is 41.2 Å². The molecule has 0 spiro atoms. The van der Waals surface area contributed by atoms with E-state index in [4.69, 9.17) is 16.2 Å². The van der Waals surface area contributed by atoms with Gasteiger partial charge in [0.15, 0.2) is 0 Å². The Balaban J connectivity index is 3.20. The summed E-state index contributed by atoms with van der Waals surface area (Å²) in [6.45, 7) is 7.54. The van der Waals surface area contributed by atoms with Crippen LogP contribution in [0.5, 0.6) is 0 Å². The molecule has 1 heterocycles. The third kappa shape index (κ3) is 3.34. The highest BCUT2D eigenvalue weighted by molar-refractivity contribution is 6.02. The molecule has 0 aliphatic carbocycles. The van der Waals surface area contributed by atoms with Crippen molar-refractivity contribution in [3.8, 4) is 0 Å². The summed E-state index contributed by atoms with van der Waals surface area (Å²) < 4.78 is 5.02. The molecule has 0 saturated heterocycles. The largest absolute Gasteiger partial charge is 0.462 e. The molecule has 0 radical (unpaired) electrons. The Hall–Kier alpha value is -2.31. The van der Waals surface area contributed by atoms with Gasteiger partial charge in [-0.2, -0.15) is 5.10 Å². The Morgan fingerprint density at radius 3 is 2.58 bits per heavy atom. The van der Waals surface area contributed by atoms with Crippen molar-refractivity contribution in [2.45, 2.75) is 27.7 Å². The second-order valence-electron chi connectivity index (χ2n) is 4.11. The molecule has 0 aliphatic rings. The predicted octanol–water partition coefficient (Wildman–Crippen LogP) is -1.11. The Bertz CT molecular complexity index is 539. The van der Waals surface area contributed by atoms with Crippen molar-refractivity contribution in [3.05, 3.63) is 22.5 Å². The number of nitrogens with zero attached hydrogens (tertiary/aromatic N) is 1. The average molecular weight is 266 g/mol. The molecule has 7 heteroatoms. The third-order valence-corrected chi connectivity index (χ3v) is 2.63. The van der Waals surface area contributed by atoms with Crippen LogP contribution >= 0.6 is 0 Å². The van der Waals surface area contributed by atoms with Crippen molar-refractivity contribution in [1.82, 2.24) is 4.98 Å². The number of hydrogen-bond acceptors (Lipinski definition) is 3. The standard InChI is InChI=1S/C12H19N5O2/c1-5-19-11(18)9-6(2)10(15-7(9)3)8(4)16-17-12(13)14/h15H,5H2,1-4H3,(H4,13,14,17)/p+1/b16-8+. The van der Waals surface area contributed by atoms with Crippen molar-refractivity contribution in [1.29, 1.82) is 0 Å². The van der Waals surface area contributed by atoms with E-state index in [1.807, 2.05) is 13.8 Å². The molecular weight excluding hydrogens is 246 g/mol. The van der Waals surface area contributed by atoms with E-state index in [0.29, 0.717) is 17.9 Å². The number of carbonyl (C=O) groups excluding carboxylic acids is 1. The smallest absolute Gasteiger partial charge is 0.362 e. The number of esters is 1. The third-order valence-electron chi connectivity index (χ3n) is 2.63. The lowest BCUT2D eigenvalue weighted by Crippen LogP contribution is -2.72. The lowest BCUT2D eigenvalue weighted by atomic mass is 10.1. The van der Waals surface area contributed by atoms with Gasteiger partial charge in [0.1, 0.15) is 0 Å². The van der Waals surface area contributed by atoms with E-state index >= 15 is 0 Å². The molecule has 1 aromatic rings. The van der Waals surface area contributed by atoms with Gasteiger partial charge in [-0.1, -0.05) is 0 Å². The molecule has 0 fully saturated rings. The second-order valence-corrected chi connectivity index (χ2v) is 4.11. The first-order valence-corrected chi connectivity index (χ1v) is 5.93. The van der Waals surface area contributed by atoms with Gasteiger partial charge in [-0.3, -0.25) is 11.5 Å². The minimum absolute atomic E-state index is 0.00546. The monoisotopic (exact) mass is 266 g/mol. The van der Waals surface area contributed by atoms with Crippen molar-refractivity contribution in [2.75, 3.05) is 6.61 Å². The minimum Gasteiger partial charge on any atom is -0.462 e. The number of rotatable bonds is 4. The van der Waals surface area contributed by atoms with Crippen molar-refractivity contribution in [2.24, 2.45) is 16.6 Å². The zero-order chi connectivity index (χ0) is 14.6. The van der Waals surface area contributed by atoms with E-state index in [2.05, 4.69) is 15.2 Å². The average Bonchev–Trinajstić information content (AvgIpc) is 2.62. The van der Waals surface area contributed by atoms with E-state index < -0.39 is 0 Å². The number of aromatic nitrogens is 1. The summed E-state index contributed by atoms with van der Waals surface area (Å²) >= 11 is 0. The molecule has 0 atom stereocenters. The van der Waals surface area contributed by atoms with Crippen LogP contribution in [0.25, 0.3) is 0 Å². The van der Waals surface area contributed by atoms with Gasteiger partial charge in [0.05, 0.1) is 23.6 Å². The number of aryl methyl sites for hydroxylation is 1. The maximum absolute atomic E-state index is 11.8. The zero-order valence-corrected chi connectivity index (χ0v) is 11.6. The van der Waals surface area contributed by atoms with Crippen LogP contribution < -0.4 is 16.6 Å². The number of hydrazone groups is 1. The number of hydrogen-bond donors (Lipinski definition) is 4. The van der Waals surface area contributed by atoms with Crippen LogP contribution in [-0.4, -0.2) is 29.2 Å². The Morgan fingerprint density at radius 1 is 1.42 bits per heavy atom. The molecular formula is C12H20N5O2+. The fraction of sp³-hybridized carbons (Fsp3) is 0.417.